The average Bonchev–Trinajstić information content (AvgIpc) is 2.71. The molecule has 1 saturated heterocycles. The van der Waals surface area contributed by atoms with E-state index in [0.717, 1.165) is 56.5 Å². The van der Waals surface area contributed by atoms with Crippen LogP contribution in [0.25, 0.3) is 0 Å². The van der Waals surface area contributed by atoms with E-state index in [1.54, 1.807) is 0 Å². The predicted molar refractivity (Wildman–Crippen MR) is 133 cm³/mol. The first-order chi connectivity index (χ1) is 13.6. The highest BCUT2D eigenvalue weighted by Gasteiger charge is 2.17. The molecule has 1 atom stereocenters. The molecule has 0 spiro atoms. The molecule has 1 aromatic heterocycles. The normalized spacial score (nSPS) is 16.9. The molecule has 7 heteroatoms. The summed E-state index contributed by atoms with van der Waals surface area (Å²) < 4.78 is 5.61. The summed E-state index contributed by atoms with van der Waals surface area (Å²) in [5.74, 6) is 1.98. The molecule has 2 rings (SSSR count). The number of hydrogen-bond acceptors (Lipinski definition) is 4. The lowest BCUT2D eigenvalue weighted by Crippen LogP contribution is -2.41. The van der Waals surface area contributed by atoms with Crippen LogP contribution in [0.5, 0.6) is 0 Å². The Balaban J connectivity index is 0.00000420. The van der Waals surface area contributed by atoms with Crippen molar-refractivity contribution in [2.24, 2.45) is 4.99 Å². The molecule has 29 heavy (non-hydrogen) atoms. The van der Waals surface area contributed by atoms with Crippen LogP contribution in [0.4, 0.5) is 5.82 Å². The van der Waals surface area contributed by atoms with Crippen LogP contribution in [-0.4, -0.2) is 61.8 Å². The maximum absolute atomic E-state index is 5.61. The second-order valence-electron chi connectivity index (χ2n) is 7.38. The average molecular weight is 515 g/mol. The number of nitrogens with one attached hydrogen (secondary N) is 1. The van der Waals surface area contributed by atoms with Crippen molar-refractivity contribution in [1.82, 2.24) is 15.2 Å². The number of aromatic nitrogens is 1. The molecular weight excluding hydrogens is 477 g/mol. The van der Waals surface area contributed by atoms with Crippen LogP contribution >= 0.6 is 24.0 Å². The quantitative estimate of drug-likeness (QED) is 0.168. The number of allylic oxidation sites excluding steroid dienone is 1. The number of pyridine rings is 1. The van der Waals surface area contributed by atoms with E-state index in [0.29, 0.717) is 6.54 Å². The van der Waals surface area contributed by atoms with E-state index < -0.39 is 0 Å². The Morgan fingerprint density at radius 2 is 2.24 bits per heavy atom. The molecule has 1 aromatic rings. The largest absolute Gasteiger partial charge is 0.375 e. The van der Waals surface area contributed by atoms with Gasteiger partial charge in [0.05, 0.1) is 19.3 Å². The minimum absolute atomic E-state index is 0. The summed E-state index contributed by atoms with van der Waals surface area (Å²) in [5.41, 5.74) is 1.12. The molecule has 1 aliphatic heterocycles. The van der Waals surface area contributed by atoms with Crippen LogP contribution in [-0.2, 0) is 11.3 Å². The van der Waals surface area contributed by atoms with E-state index in [1.165, 1.54) is 19.3 Å². The Bertz CT molecular complexity index is 608. The maximum Gasteiger partial charge on any atom is 0.193 e. The number of ether oxygens (including phenoxy) is 1. The Morgan fingerprint density at radius 1 is 1.41 bits per heavy atom. The first-order valence-corrected chi connectivity index (χ1v) is 10.6. The topological polar surface area (TPSA) is 53.0 Å². The molecule has 0 amide bonds. The summed E-state index contributed by atoms with van der Waals surface area (Å²) in [4.78, 5) is 13.9. The van der Waals surface area contributed by atoms with Gasteiger partial charge in [-0.25, -0.2) is 9.98 Å². The number of aliphatic imine (C=N–C) groups is 1. The summed E-state index contributed by atoms with van der Waals surface area (Å²) in [6.07, 6.45) is 8.90. The lowest BCUT2D eigenvalue weighted by atomic mass is 10.2. The number of unbranched alkanes of at least 4 members (excludes halogenated alkanes) is 3. The zero-order valence-corrected chi connectivity index (χ0v) is 20.6. The molecule has 1 aliphatic rings. The molecule has 6 nitrogen and oxygen atoms in total. The zero-order valence-electron chi connectivity index (χ0n) is 18.3. The van der Waals surface area contributed by atoms with Crippen molar-refractivity contribution < 1.29 is 4.74 Å². The van der Waals surface area contributed by atoms with Gasteiger partial charge in [-0.3, -0.25) is 0 Å². The number of morpholine rings is 1. The third kappa shape index (κ3) is 9.33. The molecule has 1 unspecified atom stereocenters. The fourth-order valence-corrected chi connectivity index (χ4v) is 3.28. The van der Waals surface area contributed by atoms with Gasteiger partial charge in [-0.15, -0.1) is 30.6 Å². The third-order valence-corrected chi connectivity index (χ3v) is 4.88. The van der Waals surface area contributed by atoms with Gasteiger partial charge in [-0.05, 0) is 44.7 Å². The van der Waals surface area contributed by atoms with Crippen LogP contribution in [0.3, 0.4) is 0 Å². The van der Waals surface area contributed by atoms with Crippen LogP contribution < -0.4 is 10.2 Å². The summed E-state index contributed by atoms with van der Waals surface area (Å²) in [5, 5.41) is 3.39. The van der Waals surface area contributed by atoms with Gasteiger partial charge in [0.2, 0.25) is 0 Å². The summed E-state index contributed by atoms with van der Waals surface area (Å²) in [6, 6.07) is 4.23. The van der Waals surface area contributed by atoms with Crippen molar-refractivity contribution in [3.8, 4) is 0 Å². The van der Waals surface area contributed by atoms with E-state index in [2.05, 4.69) is 59.7 Å². The highest BCUT2D eigenvalue weighted by Crippen LogP contribution is 2.15. The van der Waals surface area contributed by atoms with Crippen molar-refractivity contribution in [3.63, 3.8) is 0 Å². The second-order valence-corrected chi connectivity index (χ2v) is 7.38. The first kappa shape index (κ1) is 25.7. The smallest absolute Gasteiger partial charge is 0.193 e. The van der Waals surface area contributed by atoms with Gasteiger partial charge in [-0.1, -0.05) is 18.6 Å². The highest BCUT2D eigenvalue weighted by atomic mass is 127. The number of halogens is 1. The van der Waals surface area contributed by atoms with Gasteiger partial charge in [0.25, 0.3) is 0 Å². The van der Waals surface area contributed by atoms with E-state index in [-0.39, 0.29) is 30.1 Å². The van der Waals surface area contributed by atoms with E-state index >= 15 is 0 Å². The van der Waals surface area contributed by atoms with E-state index in [1.807, 2.05) is 12.3 Å². The monoisotopic (exact) mass is 515 g/mol. The number of hydrogen-bond donors (Lipinski definition) is 1. The van der Waals surface area contributed by atoms with Crippen molar-refractivity contribution in [2.75, 3.05) is 44.7 Å². The molecule has 0 aliphatic carbocycles. The van der Waals surface area contributed by atoms with E-state index in [9.17, 15) is 0 Å². The van der Waals surface area contributed by atoms with Gasteiger partial charge in [0.15, 0.2) is 5.96 Å². The van der Waals surface area contributed by atoms with Gasteiger partial charge in [-0.2, -0.15) is 0 Å². The minimum atomic E-state index is 0. The van der Waals surface area contributed by atoms with Crippen LogP contribution in [0.2, 0.25) is 0 Å². The third-order valence-electron chi connectivity index (χ3n) is 4.88. The maximum atomic E-state index is 5.61. The Hall–Kier alpha value is -1.35. The van der Waals surface area contributed by atoms with Gasteiger partial charge in [0.1, 0.15) is 5.82 Å². The Morgan fingerprint density at radius 3 is 2.90 bits per heavy atom. The van der Waals surface area contributed by atoms with Gasteiger partial charge < -0.3 is 19.9 Å². The van der Waals surface area contributed by atoms with Crippen LogP contribution in [0.1, 0.15) is 45.1 Å². The van der Waals surface area contributed by atoms with Crippen molar-refractivity contribution in [3.05, 3.63) is 36.5 Å². The summed E-state index contributed by atoms with van der Waals surface area (Å²) in [6.45, 7) is 13.1. The molecule has 1 N–H and O–H groups in total. The Labute approximate surface area is 193 Å². The molecular formula is C22H38IN5O. The standard InChI is InChI=1S/C22H37N5O.HI/c1-5-7-8-9-10-13-26(4)22(23-6-2)25-17-20-11-12-21(24-16-20)27-14-15-28-19(3)18-27;/h5,11-12,16,19H,1,6-10,13-15,17-18H2,2-4H3,(H,23,25);1H. The van der Waals surface area contributed by atoms with Gasteiger partial charge in [0, 0.05) is 39.4 Å². The summed E-state index contributed by atoms with van der Waals surface area (Å²) in [7, 11) is 2.11. The lowest BCUT2D eigenvalue weighted by molar-refractivity contribution is 0.0529. The molecule has 0 radical (unpaired) electrons. The zero-order chi connectivity index (χ0) is 20.2. The van der Waals surface area contributed by atoms with Gasteiger partial charge >= 0.3 is 0 Å². The lowest BCUT2D eigenvalue weighted by Gasteiger charge is -2.32. The fourth-order valence-electron chi connectivity index (χ4n) is 3.28. The van der Waals surface area contributed by atoms with Crippen molar-refractivity contribution in [1.29, 1.82) is 0 Å². The van der Waals surface area contributed by atoms with Crippen molar-refractivity contribution in [2.45, 2.75) is 52.2 Å². The minimum Gasteiger partial charge on any atom is -0.375 e. The first-order valence-electron chi connectivity index (χ1n) is 10.6. The predicted octanol–water partition coefficient (Wildman–Crippen LogP) is 4.07. The van der Waals surface area contributed by atoms with Crippen molar-refractivity contribution >= 4 is 35.8 Å². The fraction of sp³-hybridized carbons (Fsp3) is 0.636. The molecule has 0 aromatic carbocycles. The van der Waals surface area contributed by atoms with E-state index in [4.69, 9.17) is 9.73 Å². The second kappa shape index (κ2) is 14.6. The highest BCUT2D eigenvalue weighted by molar-refractivity contribution is 14.0. The number of nitrogens with zero attached hydrogens (tertiary/aromatic N) is 4. The van der Waals surface area contributed by atoms with Crippen LogP contribution in [0, 0.1) is 0 Å². The number of rotatable bonds is 10. The Kier molecular flexibility index (Phi) is 12.9. The molecule has 2 heterocycles. The SMILES string of the molecule is C=CCCCCCN(C)C(=NCc1ccc(N2CCOC(C)C2)nc1)NCC.I. The van der Waals surface area contributed by atoms with Crippen LogP contribution in [0.15, 0.2) is 36.0 Å². The number of guanidine groups is 1. The molecule has 0 saturated carbocycles. The molecule has 1 fully saturated rings. The molecule has 164 valence electrons. The number of anilines is 1. The molecule has 0 bridgehead atoms. The summed E-state index contributed by atoms with van der Waals surface area (Å²) >= 11 is 0.